The van der Waals surface area contributed by atoms with Crippen LogP contribution in [0.2, 0.25) is 0 Å². The Balaban J connectivity index is 2.06. The van der Waals surface area contributed by atoms with E-state index >= 15 is 0 Å². The summed E-state index contributed by atoms with van der Waals surface area (Å²) in [7, 11) is -3.89. The van der Waals surface area contributed by atoms with Gasteiger partial charge in [-0.15, -0.1) is 4.83 Å². The molecule has 0 heterocycles. The highest BCUT2D eigenvalue weighted by molar-refractivity contribution is 7.89. The first-order chi connectivity index (χ1) is 10.0. The fourth-order valence-electron chi connectivity index (χ4n) is 2.33. The molecule has 22 heavy (non-hydrogen) atoms. The van der Waals surface area contributed by atoms with Crippen molar-refractivity contribution in [1.29, 1.82) is 0 Å². The number of rotatable bonds is 5. The Morgan fingerprint density at radius 2 is 1.68 bits per heavy atom. The number of sulfonamides is 1. The third kappa shape index (κ3) is 2.59. The molecule has 8 heteroatoms. The van der Waals surface area contributed by atoms with E-state index in [1.165, 1.54) is 26.0 Å². The zero-order valence-corrected chi connectivity index (χ0v) is 13.3. The van der Waals surface area contributed by atoms with Crippen LogP contribution in [0.15, 0.2) is 29.2 Å². The second-order valence-electron chi connectivity index (χ2n) is 6.02. The minimum Gasteiger partial charge on any atom is -0.481 e. The van der Waals surface area contributed by atoms with Gasteiger partial charge in [0.05, 0.1) is 15.7 Å². The standard InChI is InChI=1S/C14H18N2O5S/c1-9-4-6-10(7-5-9)22(20,21)16-15-11(17)13(2)8-14(13,3)12(18)19/h4-7,16H,8H2,1-3H3,(H,15,17)(H,18,19)/t13-,14+/m0/s1. The Kier molecular flexibility index (Phi) is 3.78. The lowest BCUT2D eigenvalue weighted by Gasteiger charge is -2.15. The second-order valence-corrected chi connectivity index (χ2v) is 7.70. The maximum atomic E-state index is 12.1. The average molecular weight is 326 g/mol. The molecule has 1 saturated carbocycles. The van der Waals surface area contributed by atoms with Crippen molar-refractivity contribution in [1.82, 2.24) is 10.3 Å². The maximum absolute atomic E-state index is 12.1. The predicted molar refractivity (Wildman–Crippen MR) is 78.1 cm³/mol. The molecule has 1 amide bonds. The predicted octanol–water partition coefficient (Wildman–Crippen LogP) is 0.805. The normalized spacial score (nSPS) is 27.2. The molecule has 0 aromatic heterocycles. The van der Waals surface area contributed by atoms with Gasteiger partial charge in [0.2, 0.25) is 5.91 Å². The Morgan fingerprint density at radius 1 is 1.14 bits per heavy atom. The van der Waals surface area contributed by atoms with Gasteiger partial charge in [0.25, 0.3) is 10.0 Å². The van der Waals surface area contributed by atoms with Crippen LogP contribution < -0.4 is 10.3 Å². The molecule has 2 rings (SSSR count). The third-order valence-electron chi connectivity index (χ3n) is 4.40. The van der Waals surface area contributed by atoms with Crippen LogP contribution in [0, 0.1) is 17.8 Å². The van der Waals surface area contributed by atoms with Crippen molar-refractivity contribution >= 4 is 21.9 Å². The summed E-state index contributed by atoms with van der Waals surface area (Å²) < 4.78 is 24.1. The summed E-state index contributed by atoms with van der Waals surface area (Å²) in [5.74, 6) is -1.74. The van der Waals surface area contributed by atoms with Crippen molar-refractivity contribution in [2.45, 2.75) is 32.1 Å². The molecule has 1 fully saturated rings. The molecular formula is C14H18N2O5S. The lowest BCUT2D eigenvalue weighted by Crippen LogP contribution is -2.46. The summed E-state index contributed by atoms with van der Waals surface area (Å²) in [4.78, 5) is 25.2. The van der Waals surface area contributed by atoms with Gasteiger partial charge in [-0.2, -0.15) is 0 Å². The molecule has 0 aliphatic heterocycles. The summed E-state index contributed by atoms with van der Waals surface area (Å²) in [5, 5.41) is 9.11. The molecule has 0 unspecified atom stereocenters. The highest BCUT2D eigenvalue weighted by atomic mass is 32.2. The fraction of sp³-hybridized carbons (Fsp3) is 0.429. The Morgan fingerprint density at radius 3 is 2.14 bits per heavy atom. The number of carbonyl (C=O) groups is 2. The quantitative estimate of drug-likeness (QED) is 0.693. The zero-order chi connectivity index (χ0) is 16.8. The van der Waals surface area contributed by atoms with E-state index in [9.17, 15) is 18.0 Å². The molecule has 120 valence electrons. The molecule has 0 bridgehead atoms. The van der Waals surface area contributed by atoms with Gasteiger partial charge in [-0.25, -0.2) is 8.42 Å². The topological polar surface area (TPSA) is 113 Å². The van der Waals surface area contributed by atoms with Gasteiger partial charge in [-0.05, 0) is 39.3 Å². The molecule has 7 nitrogen and oxygen atoms in total. The lowest BCUT2D eigenvalue weighted by atomic mass is 9.96. The lowest BCUT2D eigenvalue weighted by molar-refractivity contribution is -0.146. The molecule has 0 saturated heterocycles. The van der Waals surface area contributed by atoms with Crippen molar-refractivity contribution in [3.8, 4) is 0 Å². The van der Waals surface area contributed by atoms with Gasteiger partial charge in [0, 0.05) is 0 Å². The number of carboxylic acids is 1. The second kappa shape index (κ2) is 5.06. The summed E-state index contributed by atoms with van der Waals surface area (Å²) in [6.45, 7) is 4.78. The first-order valence-corrected chi connectivity index (χ1v) is 8.14. The molecule has 0 spiro atoms. The van der Waals surface area contributed by atoms with E-state index in [0.29, 0.717) is 0 Å². The highest BCUT2D eigenvalue weighted by Crippen LogP contribution is 2.63. The van der Waals surface area contributed by atoms with Crippen molar-refractivity contribution < 1.29 is 23.1 Å². The zero-order valence-electron chi connectivity index (χ0n) is 12.5. The summed E-state index contributed by atoms with van der Waals surface area (Å²) >= 11 is 0. The van der Waals surface area contributed by atoms with Crippen LogP contribution in [0.1, 0.15) is 25.8 Å². The van der Waals surface area contributed by atoms with Crippen LogP contribution in [-0.4, -0.2) is 25.4 Å². The van der Waals surface area contributed by atoms with Gasteiger partial charge in [0.15, 0.2) is 0 Å². The first-order valence-electron chi connectivity index (χ1n) is 6.65. The van der Waals surface area contributed by atoms with Crippen molar-refractivity contribution in [3.63, 3.8) is 0 Å². The van der Waals surface area contributed by atoms with Gasteiger partial charge < -0.3 is 5.11 Å². The summed E-state index contributed by atoms with van der Waals surface area (Å²) in [6, 6.07) is 6.12. The van der Waals surface area contributed by atoms with Crippen LogP contribution in [0.25, 0.3) is 0 Å². The summed E-state index contributed by atoms with van der Waals surface area (Å²) in [5.41, 5.74) is 0.712. The van der Waals surface area contributed by atoms with E-state index in [4.69, 9.17) is 5.11 Å². The number of hydrazine groups is 1. The third-order valence-corrected chi connectivity index (χ3v) is 5.67. The number of carbonyl (C=O) groups excluding carboxylic acids is 1. The average Bonchev–Trinajstić information content (AvgIpc) is 3.02. The number of hydrogen-bond donors (Lipinski definition) is 3. The smallest absolute Gasteiger partial charge is 0.310 e. The van der Waals surface area contributed by atoms with E-state index in [0.717, 1.165) is 5.56 Å². The number of hydrogen-bond acceptors (Lipinski definition) is 4. The van der Waals surface area contributed by atoms with E-state index in [2.05, 4.69) is 5.43 Å². The van der Waals surface area contributed by atoms with Crippen LogP contribution in [0.3, 0.4) is 0 Å². The molecule has 2 atom stereocenters. The SMILES string of the molecule is Cc1ccc(S(=O)(=O)NNC(=O)[C@]2(C)C[C@]2(C)C(=O)O)cc1. The Labute approximate surface area is 128 Å². The number of aliphatic carboxylic acids is 1. The van der Waals surface area contributed by atoms with Crippen LogP contribution >= 0.6 is 0 Å². The molecular weight excluding hydrogens is 308 g/mol. The van der Waals surface area contributed by atoms with Gasteiger partial charge in [0.1, 0.15) is 0 Å². The molecule has 1 aromatic rings. The Bertz CT molecular complexity index is 728. The number of aryl methyl sites for hydroxylation is 1. The number of amides is 1. The minimum atomic E-state index is -3.89. The molecule has 1 aliphatic carbocycles. The van der Waals surface area contributed by atoms with Gasteiger partial charge in [-0.1, -0.05) is 17.7 Å². The van der Waals surface area contributed by atoms with E-state index in [1.807, 2.05) is 11.8 Å². The number of benzene rings is 1. The fourth-order valence-corrected chi connectivity index (χ4v) is 3.17. The molecule has 1 aliphatic rings. The van der Waals surface area contributed by atoms with Crippen molar-refractivity contribution in [3.05, 3.63) is 29.8 Å². The van der Waals surface area contributed by atoms with Gasteiger partial charge in [-0.3, -0.25) is 15.0 Å². The van der Waals surface area contributed by atoms with Crippen LogP contribution in [0.5, 0.6) is 0 Å². The minimum absolute atomic E-state index is 0.0142. The monoisotopic (exact) mass is 326 g/mol. The van der Waals surface area contributed by atoms with Gasteiger partial charge >= 0.3 is 5.97 Å². The highest BCUT2D eigenvalue weighted by Gasteiger charge is 2.70. The first kappa shape index (κ1) is 16.4. The van der Waals surface area contributed by atoms with E-state index in [-0.39, 0.29) is 11.3 Å². The molecule has 0 radical (unpaired) electrons. The molecule has 3 N–H and O–H groups in total. The number of carboxylic acid groups (broad SMARTS) is 1. The van der Waals surface area contributed by atoms with Crippen LogP contribution in [-0.2, 0) is 19.6 Å². The van der Waals surface area contributed by atoms with Crippen LogP contribution in [0.4, 0.5) is 0 Å². The van der Waals surface area contributed by atoms with E-state index in [1.54, 1.807) is 12.1 Å². The van der Waals surface area contributed by atoms with Crippen molar-refractivity contribution in [2.75, 3.05) is 0 Å². The largest absolute Gasteiger partial charge is 0.481 e. The Hall–Kier alpha value is -1.93. The van der Waals surface area contributed by atoms with Crippen molar-refractivity contribution in [2.24, 2.45) is 10.8 Å². The number of nitrogens with one attached hydrogen (secondary N) is 2. The van der Waals surface area contributed by atoms with E-state index < -0.39 is 32.7 Å². The summed E-state index contributed by atoms with van der Waals surface area (Å²) in [6.07, 6.45) is 0.160. The molecule has 1 aromatic carbocycles. The maximum Gasteiger partial charge on any atom is 0.310 e.